The summed E-state index contributed by atoms with van der Waals surface area (Å²) < 4.78 is 12.5. The number of rotatable bonds is 5. The molecule has 1 N–H and O–H groups in total. The molecule has 3 rings (SSSR count). The summed E-state index contributed by atoms with van der Waals surface area (Å²) >= 11 is 5.23. The van der Waals surface area contributed by atoms with E-state index in [1.54, 1.807) is 36.4 Å². The third kappa shape index (κ3) is 3.29. The molecule has 1 aromatic carbocycles. The van der Waals surface area contributed by atoms with Gasteiger partial charge in [-0.25, -0.2) is 5.10 Å². The first kappa shape index (κ1) is 15.0. The van der Waals surface area contributed by atoms with E-state index in [1.165, 1.54) is 0 Å². The number of aromatic nitrogens is 3. The summed E-state index contributed by atoms with van der Waals surface area (Å²) in [6.07, 6.45) is 6.80. The van der Waals surface area contributed by atoms with Crippen LogP contribution >= 0.6 is 12.2 Å². The number of hydrogen-bond acceptors (Lipinski definition) is 5. The lowest BCUT2D eigenvalue weighted by Crippen LogP contribution is -1.96. The Morgan fingerprint density at radius 2 is 2.17 bits per heavy atom. The van der Waals surface area contributed by atoms with E-state index < -0.39 is 0 Å². The molecule has 0 aliphatic rings. The Bertz CT molecular complexity index is 891. The van der Waals surface area contributed by atoms with E-state index in [0.29, 0.717) is 16.3 Å². The van der Waals surface area contributed by atoms with E-state index in [4.69, 9.17) is 21.4 Å². The van der Waals surface area contributed by atoms with E-state index in [1.807, 2.05) is 36.4 Å². The van der Waals surface area contributed by atoms with Crippen LogP contribution in [0.3, 0.4) is 0 Å². The minimum absolute atomic E-state index is 0.397. The van der Waals surface area contributed by atoms with Crippen LogP contribution in [0.25, 0.3) is 17.5 Å². The minimum Gasteiger partial charge on any atom is -0.496 e. The zero-order valence-electron chi connectivity index (χ0n) is 12.3. The third-order valence-electron chi connectivity index (χ3n) is 3.07. The summed E-state index contributed by atoms with van der Waals surface area (Å²) in [6, 6.07) is 11.2. The van der Waals surface area contributed by atoms with Crippen LogP contribution in [0.4, 0.5) is 0 Å². The quantitative estimate of drug-likeness (QED) is 0.572. The zero-order chi connectivity index (χ0) is 16.1. The van der Waals surface area contributed by atoms with E-state index in [0.717, 1.165) is 11.3 Å². The van der Waals surface area contributed by atoms with Crippen LogP contribution in [0.1, 0.15) is 5.76 Å². The standard InChI is InChI=1S/C16H14N4O2S/c1-21-14-9-3-2-8-13(14)15-18-19-16(23)20(15)17-10-4-6-12-7-5-11-22-12/h2-11H,1H3,(H,19,23)/b6-4+,17-10-. The molecule has 0 aliphatic heterocycles. The van der Waals surface area contributed by atoms with Gasteiger partial charge in [0.05, 0.1) is 18.9 Å². The largest absolute Gasteiger partial charge is 0.496 e. The first-order chi connectivity index (χ1) is 11.3. The van der Waals surface area contributed by atoms with E-state index in [-0.39, 0.29) is 0 Å². The third-order valence-corrected chi connectivity index (χ3v) is 3.33. The lowest BCUT2D eigenvalue weighted by Gasteiger charge is -2.06. The van der Waals surface area contributed by atoms with Gasteiger partial charge >= 0.3 is 0 Å². The van der Waals surface area contributed by atoms with Gasteiger partial charge in [0.2, 0.25) is 4.77 Å². The Hall–Kier alpha value is -2.93. The normalized spacial score (nSPS) is 11.5. The average Bonchev–Trinajstić information content (AvgIpc) is 3.22. The first-order valence-electron chi connectivity index (χ1n) is 6.85. The number of nitrogens with zero attached hydrogens (tertiary/aromatic N) is 3. The molecule has 0 amide bonds. The summed E-state index contributed by atoms with van der Waals surface area (Å²) in [5.41, 5.74) is 0.800. The number of hydrogen-bond donors (Lipinski definition) is 1. The summed E-state index contributed by atoms with van der Waals surface area (Å²) in [5.74, 6) is 2.02. The van der Waals surface area contributed by atoms with Crippen molar-refractivity contribution in [2.24, 2.45) is 5.10 Å². The molecule has 116 valence electrons. The van der Waals surface area contributed by atoms with Gasteiger partial charge in [0.15, 0.2) is 5.82 Å². The molecule has 0 saturated carbocycles. The minimum atomic E-state index is 0.397. The van der Waals surface area contributed by atoms with Crippen LogP contribution in [0, 0.1) is 4.77 Å². The van der Waals surface area contributed by atoms with Crippen molar-refractivity contribution >= 4 is 24.5 Å². The van der Waals surface area contributed by atoms with Gasteiger partial charge in [-0.3, -0.25) is 0 Å². The van der Waals surface area contributed by atoms with Crippen molar-refractivity contribution in [3.63, 3.8) is 0 Å². The highest BCUT2D eigenvalue weighted by molar-refractivity contribution is 7.71. The van der Waals surface area contributed by atoms with Gasteiger partial charge < -0.3 is 9.15 Å². The number of methoxy groups -OCH3 is 1. The topological polar surface area (TPSA) is 68.3 Å². The molecule has 0 atom stereocenters. The molecule has 0 aliphatic carbocycles. The molecule has 0 saturated heterocycles. The molecule has 0 radical (unpaired) electrons. The predicted octanol–water partition coefficient (Wildman–Crippen LogP) is 3.76. The molecule has 2 heterocycles. The van der Waals surface area contributed by atoms with Crippen LogP contribution < -0.4 is 4.74 Å². The Morgan fingerprint density at radius 3 is 2.96 bits per heavy atom. The lowest BCUT2D eigenvalue weighted by atomic mass is 10.2. The molecule has 2 aromatic heterocycles. The molecule has 6 nitrogen and oxygen atoms in total. The molecule has 0 unspecified atom stereocenters. The maximum Gasteiger partial charge on any atom is 0.216 e. The zero-order valence-corrected chi connectivity index (χ0v) is 13.2. The number of H-pyrrole nitrogens is 1. The fourth-order valence-electron chi connectivity index (χ4n) is 2.03. The van der Waals surface area contributed by atoms with E-state index in [2.05, 4.69) is 15.3 Å². The number of ether oxygens (including phenoxy) is 1. The number of para-hydroxylation sites is 1. The van der Waals surface area contributed by atoms with Gasteiger partial charge in [-0.1, -0.05) is 12.1 Å². The highest BCUT2D eigenvalue weighted by Crippen LogP contribution is 2.27. The first-order valence-corrected chi connectivity index (χ1v) is 7.26. The highest BCUT2D eigenvalue weighted by atomic mass is 32.1. The number of furan rings is 1. The predicted molar refractivity (Wildman–Crippen MR) is 91.0 cm³/mol. The lowest BCUT2D eigenvalue weighted by molar-refractivity contribution is 0.416. The number of allylic oxidation sites excluding steroid dienone is 1. The number of aromatic amines is 1. The SMILES string of the molecule is COc1ccccc1-c1n[nH]c(=S)n1/N=C\C=C\c1ccco1. The van der Waals surface area contributed by atoms with E-state index >= 15 is 0 Å². The van der Waals surface area contributed by atoms with Gasteiger partial charge in [-0.15, -0.1) is 0 Å². The summed E-state index contributed by atoms with van der Waals surface area (Å²) in [7, 11) is 1.61. The molecule has 0 fully saturated rings. The van der Waals surface area contributed by atoms with Gasteiger partial charge in [-0.05, 0) is 48.6 Å². The molecular formula is C16H14N4O2S. The molecule has 23 heavy (non-hydrogen) atoms. The summed E-state index contributed by atoms with van der Waals surface area (Å²) in [5, 5.41) is 11.3. The van der Waals surface area contributed by atoms with Crippen LogP contribution in [-0.4, -0.2) is 28.2 Å². The fraction of sp³-hybridized carbons (Fsp3) is 0.0625. The van der Waals surface area contributed by atoms with Gasteiger partial charge in [0.1, 0.15) is 11.5 Å². The Balaban J connectivity index is 1.92. The van der Waals surface area contributed by atoms with Gasteiger partial charge in [0, 0.05) is 6.21 Å². The monoisotopic (exact) mass is 326 g/mol. The molecular weight excluding hydrogens is 312 g/mol. The van der Waals surface area contributed by atoms with Crippen molar-refractivity contribution in [2.45, 2.75) is 0 Å². The number of nitrogens with one attached hydrogen (secondary N) is 1. The maximum absolute atomic E-state index is 5.36. The van der Waals surface area contributed by atoms with Crippen LogP contribution in [-0.2, 0) is 0 Å². The van der Waals surface area contributed by atoms with Crippen molar-refractivity contribution in [1.29, 1.82) is 0 Å². The van der Waals surface area contributed by atoms with Crippen LogP contribution in [0.5, 0.6) is 5.75 Å². The smallest absolute Gasteiger partial charge is 0.216 e. The second kappa shape index (κ2) is 6.89. The van der Waals surface area contributed by atoms with Crippen LogP contribution in [0.15, 0.2) is 58.3 Å². The number of benzene rings is 1. The van der Waals surface area contributed by atoms with Crippen molar-refractivity contribution < 1.29 is 9.15 Å². The molecule has 7 heteroatoms. The van der Waals surface area contributed by atoms with Crippen molar-refractivity contribution in [3.8, 4) is 17.1 Å². The highest BCUT2D eigenvalue weighted by Gasteiger charge is 2.12. The summed E-state index contributed by atoms with van der Waals surface area (Å²) in [4.78, 5) is 0. The molecule has 0 bridgehead atoms. The fourth-order valence-corrected chi connectivity index (χ4v) is 2.21. The van der Waals surface area contributed by atoms with Crippen molar-refractivity contribution in [1.82, 2.24) is 14.9 Å². The van der Waals surface area contributed by atoms with Crippen LogP contribution in [0.2, 0.25) is 0 Å². The van der Waals surface area contributed by atoms with Gasteiger partial charge in [0.25, 0.3) is 0 Å². The van der Waals surface area contributed by atoms with Gasteiger partial charge in [-0.2, -0.15) is 14.9 Å². The Kier molecular flexibility index (Phi) is 4.49. The van der Waals surface area contributed by atoms with Crippen molar-refractivity contribution in [2.75, 3.05) is 7.11 Å². The second-order valence-electron chi connectivity index (χ2n) is 4.50. The second-order valence-corrected chi connectivity index (χ2v) is 4.89. The Morgan fingerprint density at radius 1 is 1.30 bits per heavy atom. The average molecular weight is 326 g/mol. The van der Waals surface area contributed by atoms with Crippen molar-refractivity contribution in [3.05, 3.63) is 59.3 Å². The van der Waals surface area contributed by atoms with E-state index in [9.17, 15) is 0 Å². The Labute approximate surface area is 137 Å². The molecule has 0 spiro atoms. The molecule has 3 aromatic rings. The summed E-state index contributed by atoms with van der Waals surface area (Å²) in [6.45, 7) is 0. The maximum atomic E-state index is 5.36.